The van der Waals surface area contributed by atoms with Crippen molar-refractivity contribution in [1.82, 2.24) is 5.01 Å². The Labute approximate surface area is 172 Å². The number of para-hydroxylation sites is 1. The first-order valence-electron chi connectivity index (χ1n) is 9.86. The van der Waals surface area contributed by atoms with Gasteiger partial charge < -0.3 is 9.47 Å². The van der Waals surface area contributed by atoms with E-state index in [-0.39, 0.29) is 6.04 Å². The number of nitrogens with zero attached hydrogens (tertiary/aromatic N) is 2. The minimum atomic E-state index is 0.271. The average molecular weight is 386 g/mol. The molecule has 0 radical (unpaired) electrons. The van der Waals surface area contributed by atoms with Crippen LogP contribution in [-0.4, -0.2) is 24.9 Å². The second kappa shape index (κ2) is 8.39. The zero-order valence-corrected chi connectivity index (χ0v) is 17.1. The summed E-state index contributed by atoms with van der Waals surface area (Å²) in [4.78, 5) is 0. The van der Waals surface area contributed by atoms with Gasteiger partial charge in [0.05, 0.1) is 18.9 Å². The Morgan fingerprint density at radius 3 is 2.59 bits per heavy atom. The van der Waals surface area contributed by atoms with Crippen LogP contribution in [0.1, 0.15) is 34.7 Å². The molecule has 148 valence electrons. The highest BCUT2D eigenvalue weighted by Crippen LogP contribution is 2.32. The molecule has 29 heavy (non-hydrogen) atoms. The van der Waals surface area contributed by atoms with E-state index in [0.29, 0.717) is 6.61 Å². The smallest absolute Gasteiger partial charge is 0.128 e. The Morgan fingerprint density at radius 1 is 1.00 bits per heavy atom. The highest BCUT2D eigenvalue weighted by molar-refractivity contribution is 6.02. The van der Waals surface area contributed by atoms with Crippen LogP contribution < -0.4 is 9.47 Å². The summed E-state index contributed by atoms with van der Waals surface area (Å²) in [5, 5.41) is 6.84. The van der Waals surface area contributed by atoms with Gasteiger partial charge in [-0.3, -0.25) is 5.01 Å². The van der Waals surface area contributed by atoms with Crippen LogP contribution in [0.5, 0.6) is 11.5 Å². The normalized spacial score (nSPS) is 15.9. The maximum atomic E-state index is 6.08. The Hall–Kier alpha value is -3.27. The number of rotatable bonds is 6. The van der Waals surface area contributed by atoms with Crippen molar-refractivity contribution in [3.63, 3.8) is 0 Å². The highest BCUT2D eigenvalue weighted by Gasteiger charge is 2.26. The zero-order valence-electron chi connectivity index (χ0n) is 17.1. The van der Waals surface area contributed by atoms with Crippen molar-refractivity contribution in [2.45, 2.75) is 26.0 Å². The molecule has 0 N–H and O–H groups in total. The van der Waals surface area contributed by atoms with Crippen molar-refractivity contribution in [3.8, 4) is 11.5 Å². The lowest BCUT2D eigenvalue weighted by molar-refractivity contribution is 0.290. The van der Waals surface area contributed by atoms with Crippen molar-refractivity contribution < 1.29 is 9.47 Å². The molecule has 1 aliphatic rings. The number of hydrogen-bond acceptors (Lipinski definition) is 4. The minimum absolute atomic E-state index is 0.271. The Morgan fingerprint density at radius 2 is 1.79 bits per heavy atom. The molecule has 0 saturated carbocycles. The van der Waals surface area contributed by atoms with Gasteiger partial charge in [-0.25, -0.2) is 0 Å². The largest absolute Gasteiger partial charge is 0.496 e. The van der Waals surface area contributed by atoms with E-state index in [1.54, 1.807) is 7.11 Å². The average Bonchev–Trinajstić information content (AvgIpc) is 3.15. The number of methoxy groups -OCH3 is 1. The summed E-state index contributed by atoms with van der Waals surface area (Å²) in [6.45, 7) is 2.51. The summed E-state index contributed by atoms with van der Waals surface area (Å²) in [5.41, 5.74) is 5.62. The van der Waals surface area contributed by atoms with Crippen LogP contribution in [0.25, 0.3) is 0 Å². The first-order valence-corrected chi connectivity index (χ1v) is 9.86. The molecule has 3 aromatic rings. The van der Waals surface area contributed by atoms with E-state index < -0.39 is 0 Å². The molecule has 1 aliphatic heterocycles. The number of ether oxygens (including phenoxy) is 2. The predicted octanol–water partition coefficient (Wildman–Crippen LogP) is 5.36. The van der Waals surface area contributed by atoms with Crippen molar-refractivity contribution in [3.05, 3.63) is 95.1 Å². The van der Waals surface area contributed by atoms with Gasteiger partial charge in [-0.05, 0) is 30.2 Å². The first-order chi connectivity index (χ1) is 14.2. The maximum Gasteiger partial charge on any atom is 0.128 e. The van der Waals surface area contributed by atoms with Crippen LogP contribution in [0.4, 0.5) is 0 Å². The Bertz CT molecular complexity index is 1010. The molecule has 0 saturated heterocycles. The van der Waals surface area contributed by atoms with E-state index >= 15 is 0 Å². The van der Waals surface area contributed by atoms with Crippen molar-refractivity contribution in [1.29, 1.82) is 0 Å². The Balaban J connectivity index is 1.48. The number of hydrazone groups is 1. The summed E-state index contributed by atoms with van der Waals surface area (Å²) in [7, 11) is 3.74. The number of aryl methyl sites for hydroxylation is 1. The maximum absolute atomic E-state index is 6.08. The predicted molar refractivity (Wildman–Crippen MR) is 117 cm³/mol. The minimum Gasteiger partial charge on any atom is -0.496 e. The third-order valence-corrected chi connectivity index (χ3v) is 5.36. The van der Waals surface area contributed by atoms with Gasteiger partial charge in [-0.15, -0.1) is 0 Å². The molecule has 4 rings (SSSR count). The van der Waals surface area contributed by atoms with Gasteiger partial charge in [0.15, 0.2) is 0 Å². The van der Waals surface area contributed by atoms with E-state index in [1.807, 2.05) is 50.4 Å². The molecule has 1 atom stereocenters. The molecular weight excluding hydrogens is 360 g/mol. The van der Waals surface area contributed by atoms with Gasteiger partial charge in [-0.2, -0.15) is 5.10 Å². The molecule has 0 spiro atoms. The molecule has 0 bridgehead atoms. The first kappa shape index (κ1) is 19.1. The van der Waals surface area contributed by atoms with Gasteiger partial charge in [0.25, 0.3) is 0 Å². The molecule has 0 aliphatic carbocycles. The summed E-state index contributed by atoms with van der Waals surface area (Å²) in [6.07, 6.45) is 0.885. The molecule has 1 heterocycles. The zero-order chi connectivity index (χ0) is 20.2. The SMILES string of the molecule is COc1c(C)cccc1COc1cccc(C2=NN(C)C(c3ccccc3)C2)c1. The fraction of sp³-hybridized carbons (Fsp3) is 0.240. The fourth-order valence-electron chi connectivity index (χ4n) is 3.85. The summed E-state index contributed by atoms with van der Waals surface area (Å²) >= 11 is 0. The third kappa shape index (κ3) is 4.11. The molecule has 0 aromatic heterocycles. The molecule has 3 aromatic carbocycles. The van der Waals surface area contributed by atoms with Gasteiger partial charge in [-0.1, -0.05) is 60.7 Å². The molecular formula is C25H26N2O2. The van der Waals surface area contributed by atoms with Gasteiger partial charge in [0.1, 0.15) is 18.1 Å². The third-order valence-electron chi connectivity index (χ3n) is 5.36. The van der Waals surface area contributed by atoms with Crippen LogP contribution >= 0.6 is 0 Å². The van der Waals surface area contributed by atoms with E-state index in [2.05, 4.69) is 41.4 Å². The van der Waals surface area contributed by atoms with Crippen LogP contribution in [0.15, 0.2) is 77.9 Å². The van der Waals surface area contributed by atoms with E-state index in [0.717, 1.165) is 40.3 Å². The van der Waals surface area contributed by atoms with Gasteiger partial charge in [0.2, 0.25) is 0 Å². The lowest BCUT2D eigenvalue weighted by atomic mass is 9.98. The van der Waals surface area contributed by atoms with E-state index in [1.165, 1.54) is 5.56 Å². The summed E-state index contributed by atoms with van der Waals surface area (Å²) < 4.78 is 11.6. The second-order valence-corrected chi connectivity index (χ2v) is 7.33. The quantitative estimate of drug-likeness (QED) is 0.572. The Kier molecular flexibility index (Phi) is 5.52. The number of hydrogen-bond donors (Lipinski definition) is 0. The topological polar surface area (TPSA) is 34.1 Å². The van der Waals surface area contributed by atoms with Crippen molar-refractivity contribution >= 4 is 5.71 Å². The van der Waals surface area contributed by atoms with Crippen molar-refractivity contribution in [2.24, 2.45) is 5.10 Å². The summed E-state index contributed by atoms with van der Waals surface area (Å²) in [6, 6.07) is 25.1. The molecule has 4 heteroatoms. The van der Waals surface area contributed by atoms with Gasteiger partial charge >= 0.3 is 0 Å². The van der Waals surface area contributed by atoms with Crippen molar-refractivity contribution in [2.75, 3.05) is 14.2 Å². The van der Waals surface area contributed by atoms with Crippen LogP contribution in [0, 0.1) is 6.92 Å². The second-order valence-electron chi connectivity index (χ2n) is 7.33. The lowest BCUT2D eigenvalue weighted by Crippen LogP contribution is -2.13. The van der Waals surface area contributed by atoms with Crippen LogP contribution in [-0.2, 0) is 6.61 Å². The molecule has 0 fully saturated rings. The lowest BCUT2D eigenvalue weighted by Gasteiger charge is -2.18. The standard InChI is InChI=1S/C25H26N2O2/c1-18-9-7-13-21(25(18)28-3)17-29-22-14-8-12-20(15-22)23-16-24(27(2)26-23)19-10-5-4-6-11-19/h4-15,24H,16-17H2,1-3H3. The van der Waals surface area contributed by atoms with Crippen LogP contribution in [0.2, 0.25) is 0 Å². The monoisotopic (exact) mass is 386 g/mol. The highest BCUT2D eigenvalue weighted by atomic mass is 16.5. The van der Waals surface area contributed by atoms with Crippen LogP contribution in [0.3, 0.4) is 0 Å². The molecule has 4 nitrogen and oxygen atoms in total. The summed E-state index contributed by atoms with van der Waals surface area (Å²) in [5.74, 6) is 1.72. The number of benzene rings is 3. The van der Waals surface area contributed by atoms with E-state index in [9.17, 15) is 0 Å². The fourth-order valence-corrected chi connectivity index (χ4v) is 3.85. The molecule has 0 amide bonds. The molecule has 1 unspecified atom stereocenters. The van der Waals surface area contributed by atoms with Gasteiger partial charge in [0, 0.05) is 24.6 Å². The van der Waals surface area contributed by atoms with E-state index in [4.69, 9.17) is 14.6 Å².